The third-order valence-electron chi connectivity index (χ3n) is 7.65. The maximum absolute atomic E-state index is 13.8. The maximum Gasteiger partial charge on any atom is 0.339 e. The molecule has 0 aromatic heterocycles. The zero-order valence-corrected chi connectivity index (χ0v) is 19.7. The summed E-state index contributed by atoms with van der Waals surface area (Å²) in [5.41, 5.74) is 1.33. The lowest BCUT2D eigenvalue weighted by atomic mass is 9.89. The van der Waals surface area contributed by atoms with Crippen molar-refractivity contribution in [2.45, 2.75) is 108 Å². The van der Waals surface area contributed by atoms with Crippen molar-refractivity contribution in [2.75, 3.05) is 13.1 Å². The third kappa shape index (κ3) is 5.85. The molecule has 1 aromatic rings. The smallest absolute Gasteiger partial charge is 0.317 e. The Morgan fingerprint density at radius 1 is 0.750 bits per heavy atom. The quantitative estimate of drug-likeness (QED) is 0.494. The van der Waals surface area contributed by atoms with E-state index in [0.717, 1.165) is 51.4 Å². The molecule has 0 bridgehead atoms. The van der Waals surface area contributed by atoms with Crippen LogP contribution in [0.2, 0.25) is 0 Å². The van der Waals surface area contributed by atoms with E-state index in [1.165, 1.54) is 44.1 Å². The minimum absolute atomic E-state index is 0.110. The van der Waals surface area contributed by atoms with Crippen molar-refractivity contribution in [3.05, 3.63) is 35.9 Å². The van der Waals surface area contributed by atoms with Gasteiger partial charge in [-0.3, -0.25) is 9.80 Å². The molecule has 1 aliphatic heterocycles. The molecule has 1 heterocycles. The molecule has 0 unspecified atom stereocenters. The fourth-order valence-corrected chi connectivity index (χ4v) is 5.91. The van der Waals surface area contributed by atoms with E-state index >= 15 is 0 Å². The van der Waals surface area contributed by atoms with Gasteiger partial charge in [0.15, 0.2) is 0 Å². The zero-order chi connectivity index (χ0) is 22.2. The molecular weight excluding hydrogens is 398 g/mol. The molecule has 3 fully saturated rings. The van der Waals surface area contributed by atoms with Crippen LogP contribution in [-0.2, 0) is 11.2 Å². The summed E-state index contributed by atoms with van der Waals surface area (Å²) in [6, 6.07) is 11.3. The van der Waals surface area contributed by atoms with Gasteiger partial charge in [-0.2, -0.15) is 0 Å². The number of aryl methyl sites for hydroxylation is 1. The molecule has 5 nitrogen and oxygen atoms in total. The van der Waals surface area contributed by atoms with Gasteiger partial charge in [0.05, 0.1) is 0 Å². The van der Waals surface area contributed by atoms with Crippen LogP contribution in [0.15, 0.2) is 30.3 Å². The van der Waals surface area contributed by atoms with E-state index in [-0.39, 0.29) is 11.9 Å². The highest BCUT2D eigenvalue weighted by Crippen LogP contribution is 2.32. The topological polar surface area (TPSA) is 43.9 Å². The highest BCUT2D eigenvalue weighted by molar-refractivity contribution is 5.82. The Kier molecular flexibility index (Phi) is 8.47. The van der Waals surface area contributed by atoms with Crippen LogP contribution in [0.1, 0.15) is 95.5 Å². The van der Waals surface area contributed by atoms with E-state index in [2.05, 4.69) is 29.2 Å². The number of carbonyl (C=O) groups excluding carboxylic acids is 2. The Bertz CT molecular complexity index is 708. The van der Waals surface area contributed by atoms with Gasteiger partial charge in [0.25, 0.3) is 0 Å². The van der Waals surface area contributed by atoms with Gasteiger partial charge in [-0.25, -0.2) is 9.80 Å². The van der Waals surface area contributed by atoms with Gasteiger partial charge < -0.3 is 4.90 Å². The number of hydrogen-bond donors (Lipinski definition) is 0. The van der Waals surface area contributed by atoms with Crippen molar-refractivity contribution in [2.24, 2.45) is 0 Å². The number of benzene rings is 1. The van der Waals surface area contributed by atoms with Crippen LogP contribution in [0, 0.1) is 0 Å². The largest absolute Gasteiger partial charge is 0.339 e. The predicted molar refractivity (Wildman–Crippen MR) is 128 cm³/mol. The molecular formula is C27H41N3O2. The first-order chi connectivity index (χ1) is 15.7. The molecule has 176 valence electrons. The van der Waals surface area contributed by atoms with Crippen molar-refractivity contribution < 1.29 is 9.59 Å². The van der Waals surface area contributed by atoms with Crippen LogP contribution in [-0.4, -0.2) is 52.0 Å². The van der Waals surface area contributed by atoms with E-state index < -0.39 is 0 Å². The number of urea groups is 1. The van der Waals surface area contributed by atoms with Gasteiger partial charge >= 0.3 is 6.03 Å². The van der Waals surface area contributed by atoms with E-state index in [4.69, 9.17) is 0 Å². The predicted octanol–water partition coefficient (Wildman–Crippen LogP) is 5.94. The van der Waals surface area contributed by atoms with Crippen molar-refractivity contribution in [1.29, 1.82) is 0 Å². The Labute approximate surface area is 194 Å². The summed E-state index contributed by atoms with van der Waals surface area (Å²) >= 11 is 0. The van der Waals surface area contributed by atoms with Gasteiger partial charge in [0, 0.05) is 31.6 Å². The average Bonchev–Trinajstić information content (AvgIpc) is 3.34. The normalized spacial score (nSPS) is 20.5. The number of hydrazine groups is 1. The Balaban J connectivity index is 1.35. The summed E-state index contributed by atoms with van der Waals surface area (Å²) in [5, 5.41) is 3.59. The second kappa shape index (κ2) is 11.7. The van der Waals surface area contributed by atoms with Gasteiger partial charge in [-0.15, -0.1) is 0 Å². The minimum Gasteiger partial charge on any atom is -0.317 e. The van der Waals surface area contributed by atoms with Crippen molar-refractivity contribution in [3.63, 3.8) is 0 Å². The molecule has 1 aromatic carbocycles. The number of amides is 3. The first kappa shape index (κ1) is 23.1. The molecule has 2 aliphatic carbocycles. The van der Waals surface area contributed by atoms with Gasteiger partial charge in [-0.05, 0) is 56.9 Å². The lowest BCUT2D eigenvalue weighted by molar-refractivity contribution is -0.141. The monoisotopic (exact) mass is 439 g/mol. The van der Waals surface area contributed by atoms with Crippen molar-refractivity contribution in [3.8, 4) is 0 Å². The number of nitrogens with zero attached hydrogens (tertiary/aromatic N) is 3. The summed E-state index contributed by atoms with van der Waals surface area (Å²) in [7, 11) is 0. The molecule has 2 saturated carbocycles. The fourth-order valence-electron chi connectivity index (χ4n) is 5.91. The Hall–Kier alpha value is -2.04. The Morgan fingerprint density at radius 2 is 1.34 bits per heavy atom. The molecule has 1 saturated heterocycles. The molecule has 0 atom stereocenters. The van der Waals surface area contributed by atoms with Crippen molar-refractivity contribution in [1.82, 2.24) is 14.9 Å². The lowest BCUT2D eigenvalue weighted by Crippen LogP contribution is -2.57. The SMILES string of the molecule is O=C(CCCCc1ccccc1)N1CCCN1C(=O)N(C1CCCCC1)C1CCCCC1. The van der Waals surface area contributed by atoms with Gasteiger partial charge in [0.2, 0.25) is 5.91 Å². The van der Waals surface area contributed by atoms with Crippen LogP contribution in [0.3, 0.4) is 0 Å². The highest BCUT2D eigenvalue weighted by Gasteiger charge is 2.39. The average molecular weight is 440 g/mol. The van der Waals surface area contributed by atoms with E-state index in [1.54, 1.807) is 5.01 Å². The van der Waals surface area contributed by atoms with E-state index in [1.807, 2.05) is 11.1 Å². The summed E-state index contributed by atoms with van der Waals surface area (Å²) in [6.45, 7) is 1.37. The molecule has 0 spiro atoms. The highest BCUT2D eigenvalue weighted by atomic mass is 16.2. The second-order valence-corrected chi connectivity index (χ2v) is 9.96. The Morgan fingerprint density at radius 3 is 1.97 bits per heavy atom. The zero-order valence-electron chi connectivity index (χ0n) is 19.7. The van der Waals surface area contributed by atoms with Crippen LogP contribution >= 0.6 is 0 Å². The van der Waals surface area contributed by atoms with Gasteiger partial charge in [-0.1, -0.05) is 68.9 Å². The molecule has 32 heavy (non-hydrogen) atoms. The number of unbranched alkanes of at least 4 members (excludes halogenated alkanes) is 1. The molecule has 3 aliphatic rings. The molecule has 4 rings (SSSR count). The lowest BCUT2D eigenvalue weighted by Gasteiger charge is -2.44. The van der Waals surface area contributed by atoms with Crippen LogP contribution in [0.25, 0.3) is 0 Å². The fraction of sp³-hybridized carbons (Fsp3) is 0.704. The second-order valence-electron chi connectivity index (χ2n) is 9.96. The molecule has 3 amide bonds. The number of rotatable bonds is 7. The first-order valence-electron chi connectivity index (χ1n) is 13.2. The third-order valence-corrected chi connectivity index (χ3v) is 7.65. The number of hydrogen-bond acceptors (Lipinski definition) is 2. The van der Waals surface area contributed by atoms with Crippen LogP contribution < -0.4 is 0 Å². The maximum atomic E-state index is 13.8. The molecule has 0 N–H and O–H groups in total. The summed E-state index contributed by atoms with van der Waals surface area (Å²) < 4.78 is 0. The summed E-state index contributed by atoms with van der Waals surface area (Å²) in [5.74, 6) is 0.121. The number of carbonyl (C=O) groups is 2. The summed E-state index contributed by atoms with van der Waals surface area (Å²) in [4.78, 5) is 29.1. The molecule has 5 heteroatoms. The first-order valence-corrected chi connectivity index (χ1v) is 13.2. The summed E-state index contributed by atoms with van der Waals surface area (Å²) in [6.07, 6.45) is 16.3. The van der Waals surface area contributed by atoms with E-state index in [0.29, 0.717) is 31.6 Å². The van der Waals surface area contributed by atoms with Gasteiger partial charge in [0.1, 0.15) is 0 Å². The minimum atomic E-state index is 0.110. The van der Waals surface area contributed by atoms with Crippen LogP contribution in [0.4, 0.5) is 4.79 Å². The van der Waals surface area contributed by atoms with E-state index in [9.17, 15) is 9.59 Å². The standard InChI is InChI=1S/C27H41N3O2/c31-26(20-11-10-15-23-13-4-1-5-14-23)28-21-12-22-29(28)27(32)30(24-16-6-2-7-17-24)25-18-8-3-9-19-25/h1,4-5,13-14,24-25H,2-3,6-12,15-22H2. The van der Waals surface area contributed by atoms with Crippen molar-refractivity contribution >= 4 is 11.9 Å². The molecule has 0 radical (unpaired) electrons. The van der Waals surface area contributed by atoms with Crippen LogP contribution in [0.5, 0.6) is 0 Å².